The van der Waals surface area contributed by atoms with Gasteiger partial charge in [-0.1, -0.05) is 36.8 Å². The minimum atomic E-state index is -0.209. The van der Waals surface area contributed by atoms with Crippen molar-refractivity contribution in [1.29, 1.82) is 0 Å². The van der Waals surface area contributed by atoms with Crippen LogP contribution < -0.4 is 0 Å². The molecule has 3 heterocycles. The fourth-order valence-corrected chi connectivity index (χ4v) is 4.04. The van der Waals surface area contributed by atoms with E-state index in [0.717, 1.165) is 42.6 Å². The molecule has 4 rings (SSSR count). The summed E-state index contributed by atoms with van der Waals surface area (Å²) < 4.78 is 0. The summed E-state index contributed by atoms with van der Waals surface area (Å²) in [6.07, 6.45) is 5.56. The molecule has 1 saturated heterocycles. The molecule has 1 unspecified atom stereocenters. The highest BCUT2D eigenvalue weighted by Gasteiger charge is 2.42. The number of rotatable bonds is 4. The summed E-state index contributed by atoms with van der Waals surface area (Å²) in [5.74, 6) is 0.114. The zero-order valence-electron chi connectivity index (χ0n) is 16.4. The molecule has 2 amide bonds. The van der Waals surface area contributed by atoms with E-state index in [-0.39, 0.29) is 18.4 Å². The average Bonchev–Trinajstić information content (AvgIpc) is 2.94. The summed E-state index contributed by atoms with van der Waals surface area (Å²) in [5, 5.41) is 0. The van der Waals surface area contributed by atoms with Crippen LogP contribution in [0.3, 0.4) is 0 Å². The van der Waals surface area contributed by atoms with E-state index in [1.54, 1.807) is 12.4 Å². The Labute approximate surface area is 165 Å². The minimum absolute atomic E-state index is 0.188. The van der Waals surface area contributed by atoms with Crippen molar-refractivity contribution in [3.8, 4) is 0 Å². The van der Waals surface area contributed by atoms with Gasteiger partial charge in [0.2, 0.25) is 0 Å². The topological polar surface area (TPSA) is 53.5 Å². The Hall–Kier alpha value is -2.95. The molecule has 28 heavy (non-hydrogen) atoms. The van der Waals surface area contributed by atoms with Crippen molar-refractivity contribution in [3.05, 3.63) is 71.2 Å². The third-order valence-electron chi connectivity index (χ3n) is 5.55. The lowest BCUT2D eigenvalue weighted by Crippen LogP contribution is -2.39. The Morgan fingerprint density at radius 2 is 1.75 bits per heavy atom. The van der Waals surface area contributed by atoms with Crippen LogP contribution in [0.25, 0.3) is 5.57 Å². The predicted molar refractivity (Wildman–Crippen MR) is 108 cm³/mol. The molecule has 1 fully saturated rings. The largest absolute Gasteiger partial charge is 0.366 e. The lowest BCUT2D eigenvalue weighted by Gasteiger charge is -2.33. The van der Waals surface area contributed by atoms with Gasteiger partial charge in [-0.2, -0.15) is 0 Å². The molecule has 0 spiro atoms. The van der Waals surface area contributed by atoms with E-state index in [9.17, 15) is 9.59 Å². The van der Waals surface area contributed by atoms with Crippen LogP contribution in [0.1, 0.15) is 36.5 Å². The lowest BCUT2D eigenvalue weighted by molar-refractivity contribution is -0.138. The highest BCUT2D eigenvalue weighted by molar-refractivity contribution is 6.35. The van der Waals surface area contributed by atoms with Crippen LogP contribution in [0.15, 0.2) is 54.5 Å². The molecule has 1 aromatic heterocycles. The van der Waals surface area contributed by atoms with Crippen LogP contribution >= 0.6 is 0 Å². The third kappa shape index (κ3) is 3.44. The molecule has 0 N–H and O–H groups in total. The Bertz CT molecular complexity index is 919. The summed E-state index contributed by atoms with van der Waals surface area (Å²) in [5.41, 5.74) is 3.94. The highest BCUT2D eigenvalue weighted by Crippen LogP contribution is 2.34. The van der Waals surface area contributed by atoms with Gasteiger partial charge in [0, 0.05) is 25.5 Å². The standard InChI is InChI=1S/C23H25N3O2/c1-16-5-7-19(8-6-16)20-21(25-13-3-4-17(2)14-25)23(28)26(22(20)27)15-18-9-11-24-12-10-18/h5-12,17H,3-4,13-15H2,1-2H3. The van der Waals surface area contributed by atoms with Gasteiger partial charge in [-0.3, -0.25) is 19.5 Å². The van der Waals surface area contributed by atoms with E-state index in [4.69, 9.17) is 0 Å². The first-order valence-corrected chi connectivity index (χ1v) is 9.86. The van der Waals surface area contributed by atoms with Gasteiger partial charge in [0.1, 0.15) is 5.70 Å². The summed E-state index contributed by atoms with van der Waals surface area (Å²) in [6, 6.07) is 11.5. The monoisotopic (exact) mass is 375 g/mol. The third-order valence-corrected chi connectivity index (χ3v) is 5.55. The maximum absolute atomic E-state index is 13.4. The number of hydrogen-bond acceptors (Lipinski definition) is 4. The Morgan fingerprint density at radius 1 is 1.04 bits per heavy atom. The second kappa shape index (κ2) is 7.58. The molecule has 1 aromatic carbocycles. The number of amides is 2. The van der Waals surface area contributed by atoms with Crippen molar-refractivity contribution in [1.82, 2.24) is 14.8 Å². The molecule has 2 aliphatic heterocycles. The van der Waals surface area contributed by atoms with Gasteiger partial charge in [0.15, 0.2) is 0 Å². The fraction of sp³-hybridized carbons (Fsp3) is 0.348. The Kier molecular flexibility index (Phi) is 4.99. The van der Waals surface area contributed by atoms with Gasteiger partial charge < -0.3 is 4.90 Å². The molecule has 0 bridgehead atoms. The van der Waals surface area contributed by atoms with Gasteiger partial charge in [-0.05, 0) is 48.9 Å². The Morgan fingerprint density at radius 3 is 2.43 bits per heavy atom. The summed E-state index contributed by atoms with van der Waals surface area (Å²) in [4.78, 5) is 34.2. The predicted octanol–water partition coefficient (Wildman–Crippen LogP) is 3.40. The van der Waals surface area contributed by atoms with Crippen molar-refractivity contribution >= 4 is 17.4 Å². The maximum Gasteiger partial charge on any atom is 0.278 e. The number of piperidine rings is 1. The zero-order chi connectivity index (χ0) is 19.7. The molecule has 2 aromatic rings. The number of imide groups is 1. The van der Waals surface area contributed by atoms with Gasteiger partial charge >= 0.3 is 0 Å². The number of nitrogens with zero attached hydrogens (tertiary/aromatic N) is 3. The SMILES string of the molecule is Cc1ccc(C2=C(N3CCCC(C)C3)C(=O)N(Cc3ccncc3)C2=O)cc1. The van der Waals surface area contributed by atoms with E-state index in [1.165, 1.54) is 4.90 Å². The fourth-order valence-electron chi connectivity index (χ4n) is 4.04. The molecule has 144 valence electrons. The van der Waals surface area contributed by atoms with E-state index < -0.39 is 0 Å². The average molecular weight is 375 g/mol. The molecular formula is C23H25N3O2. The number of aryl methyl sites for hydroxylation is 1. The second-order valence-electron chi connectivity index (χ2n) is 7.83. The van der Waals surface area contributed by atoms with Gasteiger partial charge in [-0.15, -0.1) is 0 Å². The van der Waals surface area contributed by atoms with Crippen LogP contribution in [0.4, 0.5) is 0 Å². The van der Waals surface area contributed by atoms with Crippen LogP contribution in [-0.2, 0) is 16.1 Å². The molecule has 5 nitrogen and oxygen atoms in total. The summed E-state index contributed by atoms with van der Waals surface area (Å²) in [6.45, 7) is 6.11. The van der Waals surface area contributed by atoms with Crippen molar-refractivity contribution in [2.45, 2.75) is 33.2 Å². The Balaban J connectivity index is 1.74. The van der Waals surface area contributed by atoms with E-state index in [1.807, 2.05) is 43.3 Å². The zero-order valence-corrected chi connectivity index (χ0v) is 16.4. The van der Waals surface area contributed by atoms with Crippen LogP contribution in [0, 0.1) is 12.8 Å². The second-order valence-corrected chi connectivity index (χ2v) is 7.83. The van der Waals surface area contributed by atoms with Gasteiger partial charge in [0.05, 0.1) is 12.1 Å². The molecule has 0 saturated carbocycles. The first-order valence-electron chi connectivity index (χ1n) is 9.86. The number of benzene rings is 1. The van der Waals surface area contributed by atoms with Gasteiger partial charge in [-0.25, -0.2) is 0 Å². The number of likely N-dealkylation sites (tertiary alicyclic amines) is 1. The minimum Gasteiger partial charge on any atom is -0.366 e. The van der Waals surface area contributed by atoms with Crippen molar-refractivity contribution in [3.63, 3.8) is 0 Å². The first kappa shape index (κ1) is 18.4. The van der Waals surface area contributed by atoms with E-state index >= 15 is 0 Å². The number of carbonyl (C=O) groups excluding carboxylic acids is 2. The van der Waals surface area contributed by atoms with Gasteiger partial charge in [0.25, 0.3) is 11.8 Å². The molecule has 0 aliphatic carbocycles. The lowest BCUT2D eigenvalue weighted by atomic mass is 9.97. The highest BCUT2D eigenvalue weighted by atomic mass is 16.2. The number of carbonyl (C=O) groups is 2. The maximum atomic E-state index is 13.4. The molecule has 0 radical (unpaired) electrons. The van der Waals surface area contributed by atoms with Crippen molar-refractivity contribution in [2.75, 3.05) is 13.1 Å². The summed E-state index contributed by atoms with van der Waals surface area (Å²) >= 11 is 0. The van der Waals surface area contributed by atoms with Crippen LogP contribution in [-0.4, -0.2) is 39.7 Å². The molecule has 1 atom stereocenters. The van der Waals surface area contributed by atoms with E-state index in [0.29, 0.717) is 17.2 Å². The van der Waals surface area contributed by atoms with Crippen molar-refractivity contribution < 1.29 is 9.59 Å². The van der Waals surface area contributed by atoms with E-state index in [2.05, 4.69) is 16.8 Å². The van der Waals surface area contributed by atoms with Crippen LogP contribution in [0.5, 0.6) is 0 Å². The summed E-state index contributed by atoms with van der Waals surface area (Å²) in [7, 11) is 0. The smallest absolute Gasteiger partial charge is 0.278 e. The quantitative estimate of drug-likeness (QED) is 0.769. The van der Waals surface area contributed by atoms with Crippen molar-refractivity contribution in [2.24, 2.45) is 5.92 Å². The molecule has 5 heteroatoms. The molecular weight excluding hydrogens is 350 g/mol. The number of aromatic nitrogens is 1. The normalized spacial score (nSPS) is 20.3. The number of pyridine rings is 1. The first-order chi connectivity index (χ1) is 13.5. The number of hydrogen-bond donors (Lipinski definition) is 0. The molecule has 2 aliphatic rings. The van der Waals surface area contributed by atoms with Crippen LogP contribution in [0.2, 0.25) is 0 Å².